The van der Waals surface area contributed by atoms with Crippen LogP contribution in [0, 0.1) is 0 Å². The van der Waals surface area contributed by atoms with Crippen LogP contribution in [0.4, 0.5) is 13.2 Å². The van der Waals surface area contributed by atoms with Crippen molar-refractivity contribution in [3.63, 3.8) is 0 Å². The fourth-order valence-corrected chi connectivity index (χ4v) is 1.93. The Balaban J connectivity index is 2.08. The van der Waals surface area contributed by atoms with E-state index in [1.807, 2.05) is 0 Å². The Labute approximate surface area is 131 Å². The van der Waals surface area contributed by atoms with Crippen molar-refractivity contribution in [3.8, 4) is 11.5 Å². The Hall–Kier alpha value is -2.50. The second-order valence-corrected chi connectivity index (χ2v) is 4.95. The molecule has 0 saturated carbocycles. The summed E-state index contributed by atoms with van der Waals surface area (Å²) in [6.07, 6.45) is -4.27. The number of esters is 1. The van der Waals surface area contributed by atoms with Crippen LogP contribution >= 0.6 is 0 Å². The SMILES string of the molecule is COC(=O)c1ccc(Oc2ccc(C(C)C(F)(F)F)cc2)cc1. The average molecular weight is 324 g/mol. The molecule has 23 heavy (non-hydrogen) atoms. The maximum absolute atomic E-state index is 12.6. The van der Waals surface area contributed by atoms with Crippen molar-refractivity contribution in [2.75, 3.05) is 7.11 Å². The van der Waals surface area contributed by atoms with Crippen molar-refractivity contribution < 1.29 is 27.4 Å². The Morgan fingerprint density at radius 2 is 1.43 bits per heavy atom. The van der Waals surface area contributed by atoms with Crippen LogP contribution in [0.25, 0.3) is 0 Å². The molecule has 1 unspecified atom stereocenters. The van der Waals surface area contributed by atoms with E-state index in [1.165, 1.54) is 31.4 Å². The van der Waals surface area contributed by atoms with Gasteiger partial charge >= 0.3 is 12.1 Å². The molecule has 6 heteroatoms. The maximum atomic E-state index is 12.6. The lowest BCUT2D eigenvalue weighted by atomic mass is 10.0. The third-order valence-electron chi connectivity index (χ3n) is 3.38. The summed E-state index contributed by atoms with van der Waals surface area (Å²) in [5, 5.41) is 0. The summed E-state index contributed by atoms with van der Waals surface area (Å²) in [6, 6.07) is 12.0. The van der Waals surface area contributed by atoms with Gasteiger partial charge in [-0.15, -0.1) is 0 Å². The lowest BCUT2D eigenvalue weighted by molar-refractivity contribution is -0.146. The zero-order valence-corrected chi connectivity index (χ0v) is 12.6. The number of carbonyl (C=O) groups is 1. The van der Waals surface area contributed by atoms with Crippen LogP contribution < -0.4 is 4.74 Å². The van der Waals surface area contributed by atoms with Crippen molar-refractivity contribution in [3.05, 3.63) is 59.7 Å². The van der Waals surface area contributed by atoms with Gasteiger partial charge in [0.15, 0.2) is 0 Å². The van der Waals surface area contributed by atoms with Gasteiger partial charge in [-0.1, -0.05) is 12.1 Å². The van der Waals surface area contributed by atoms with Crippen LogP contribution in [0.15, 0.2) is 48.5 Å². The molecular weight excluding hydrogens is 309 g/mol. The monoisotopic (exact) mass is 324 g/mol. The molecule has 2 aromatic rings. The Bertz CT molecular complexity index is 661. The van der Waals surface area contributed by atoms with Crippen molar-refractivity contribution in [2.24, 2.45) is 0 Å². The molecule has 122 valence electrons. The van der Waals surface area contributed by atoms with Gasteiger partial charge in [0.2, 0.25) is 0 Å². The molecule has 0 aliphatic rings. The number of hydrogen-bond donors (Lipinski definition) is 0. The summed E-state index contributed by atoms with van der Waals surface area (Å²) in [6.45, 7) is 1.11. The highest BCUT2D eigenvalue weighted by molar-refractivity contribution is 5.89. The van der Waals surface area contributed by atoms with Crippen LogP contribution in [-0.4, -0.2) is 19.3 Å². The summed E-state index contributed by atoms with van der Waals surface area (Å²) in [4.78, 5) is 11.3. The highest BCUT2D eigenvalue weighted by atomic mass is 19.4. The molecule has 0 fully saturated rings. The van der Waals surface area contributed by atoms with E-state index in [0.29, 0.717) is 17.1 Å². The van der Waals surface area contributed by atoms with Gasteiger partial charge in [-0.05, 0) is 48.9 Å². The Morgan fingerprint density at radius 1 is 0.957 bits per heavy atom. The van der Waals surface area contributed by atoms with E-state index in [1.54, 1.807) is 24.3 Å². The van der Waals surface area contributed by atoms with Crippen molar-refractivity contribution in [1.29, 1.82) is 0 Å². The van der Waals surface area contributed by atoms with Gasteiger partial charge in [-0.2, -0.15) is 13.2 Å². The van der Waals surface area contributed by atoms with Gasteiger partial charge < -0.3 is 9.47 Å². The van der Waals surface area contributed by atoms with E-state index in [4.69, 9.17) is 4.74 Å². The minimum absolute atomic E-state index is 0.172. The lowest BCUT2D eigenvalue weighted by Gasteiger charge is -2.16. The van der Waals surface area contributed by atoms with Crippen molar-refractivity contribution in [2.45, 2.75) is 19.0 Å². The third kappa shape index (κ3) is 4.25. The number of halogens is 3. The van der Waals surface area contributed by atoms with Crippen LogP contribution in [0.3, 0.4) is 0 Å². The first kappa shape index (κ1) is 16.9. The largest absolute Gasteiger partial charge is 0.465 e. The van der Waals surface area contributed by atoms with Gasteiger partial charge in [0.25, 0.3) is 0 Å². The minimum atomic E-state index is -4.27. The zero-order valence-electron chi connectivity index (χ0n) is 12.6. The number of hydrogen-bond acceptors (Lipinski definition) is 3. The molecule has 0 bridgehead atoms. The van der Waals surface area contributed by atoms with Gasteiger partial charge in [-0.25, -0.2) is 4.79 Å². The molecule has 3 nitrogen and oxygen atoms in total. The zero-order chi connectivity index (χ0) is 17.0. The molecule has 0 N–H and O–H groups in total. The molecular formula is C17H15F3O3. The standard InChI is InChI=1S/C17H15F3O3/c1-11(17(18,19)20)12-3-7-14(8-4-12)23-15-9-5-13(6-10-15)16(21)22-2/h3-11H,1-2H3. The number of benzene rings is 2. The van der Waals surface area contributed by atoms with Gasteiger partial charge in [-0.3, -0.25) is 0 Å². The predicted octanol–water partition coefficient (Wildman–Crippen LogP) is 4.93. The molecule has 0 aliphatic carbocycles. The quantitative estimate of drug-likeness (QED) is 0.748. The number of methoxy groups -OCH3 is 1. The van der Waals surface area contributed by atoms with E-state index < -0.39 is 18.1 Å². The number of alkyl halides is 3. The summed E-state index contributed by atoms with van der Waals surface area (Å²) in [7, 11) is 1.29. The van der Waals surface area contributed by atoms with Crippen LogP contribution in [0.2, 0.25) is 0 Å². The van der Waals surface area contributed by atoms with E-state index >= 15 is 0 Å². The van der Waals surface area contributed by atoms with Crippen LogP contribution in [0.1, 0.15) is 28.8 Å². The molecule has 0 heterocycles. The summed E-state index contributed by atoms with van der Waals surface area (Å²) >= 11 is 0. The van der Waals surface area contributed by atoms with Crippen molar-refractivity contribution in [1.82, 2.24) is 0 Å². The summed E-state index contributed by atoms with van der Waals surface area (Å²) < 4.78 is 48.1. The summed E-state index contributed by atoms with van der Waals surface area (Å²) in [5.41, 5.74) is 0.556. The molecule has 1 atom stereocenters. The molecule has 0 saturated heterocycles. The Kier molecular flexibility index (Phi) is 4.93. The normalized spacial score (nSPS) is 12.6. The van der Waals surface area contributed by atoms with E-state index in [9.17, 15) is 18.0 Å². The van der Waals surface area contributed by atoms with Crippen LogP contribution in [-0.2, 0) is 4.74 Å². The van der Waals surface area contributed by atoms with Gasteiger partial charge in [0.1, 0.15) is 11.5 Å². The van der Waals surface area contributed by atoms with Crippen molar-refractivity contribution >= 4 is 5.97 Å². The maximum Gasteiger partial charge on any atom is 0.395 e. The molecule has 0 spiro atoms. The smallest absolute Gasteiger partial charge is 0.395 e. The summed E-state index contributed by atoms with van der Waals surface area (Å²) in [5.74, 6) is -1.11. The van der Waals surface area contributed by atoms with E-state index in [0.717, 1.165) is 6.92 Å². The highest BCUT2D eigenvalue weighted by Gasteiger charge is 2.36. The number of carbonyl (C=O) groups excluding carboxylic acids is 1. The highest BCUT2D eigenvalue weighted by Crippen LogP contribution is 2.35. The molecule has 0 aromatic heterocycles. The fourth-order valence-electron chi connectivity index (χ4n) is 1.93. The molecule has 0 aliphatic heterocycles. The first-order chi connectivity index (χ1) is 10.8. The lowest BCUT2D eigenvalue weighted by Crippen LogP contribution is -2.17. The first-order valence-electron chi connectivity index (χ1n) is 6.84. The fraction of sp³-hybridized carbons (Fsp3) is 0.235. The topological polar surface area (TPSA) is 35.5 Å². The van der Waals surface area contributed by atoms with Crippen LogP contribution in [0.5, 0.6) is 11.5 Å². The minimum Gasteiger partial charge on any atom is -0.465 e. The first-order valence-corrected chi connectivity index (χ1v) is 6.84. The number of ether oxygens (including phenoxy) is 2. The molecule has 0 amide bonds. The third-order valence-corrected chi connectivity index (χ3v) is 3.38. The second-order valence-electron chi connectivity index (χ2n) is 4.95. The predicted molar refractivity (Wildman–Crippen MR) is 78.8 cm³/mol. The van der Waals surface area contributed by atoms with Gasteiger partial charge in [0, 0.05) is 0 Å². The van der Waals surface area contributed by atoms with Gasteiger partial charge in [0.05, 0.1) is 18.6 Å². The van der Waals surface area contributed by atoms with E-state index in [-0.39, 0.29) is 5.56 Å². The Morgan fingerprint density at radius 3 is 1.87 bits per heavy atom. The molecule has 0 radical (unpaired) electrons. The molecule has 2 rings (SSSR count). The van der Waals surface area contributed by atoms with E-state index in [2.05, 4.69) is 4.74 Å². The average Bonchev–Trinajstić information content (AvgIpc) is 2.54. The second kappa shape index (κ2) is 6.73. The molecule has 2 aromatic carbocycles. The number of rotatable bonds is 4.